The van der Waals surface area contributed by atoms with E-state index in [1.54, 1.807) is 12.1 Å². The van der Waals surface area contributed by atoms with Crippen molar-refractivity contribution in [2.45, 2.75) is 26.8 Å². The fourth-order valence-electron chi connectivity index (χ4n) is 1.36. The molecule has 2 heteroatoms. The molecule has 1 aromatic rings. The van der Waals surface area contributed by atoms with E-state index in [0.29, 0.717) is 6.04 Å². The quantitative estimate of drug-likeness (QED) is 0.803. The van der Waals surface area contributed by atoms with Crippen LogP contribution in [0.15, 0.2) is 23.8 Å². The summed E-state index contributed by atoms with van der Waals surface area (Å²) in [4.78, 5) is 0. The van der Waals surface area contributed by atoms with Gasteiger partial charge in [0, 0.05) is 6.04 Å². The average molecular weight is 207 g/mol. The van der Waals surface area contributed by atoms with Gasteiger partial charge in [-0.25, -0.2) is 4.39 Å². The summed E-state index contributed by atoms with van der Waals surface area (Å²) in [7, 11) is 1.92. The first kappa shape index (κ1) is 11.9. The zero-order chi connectivity index (χ0) is 11.4. The Labute approximate surface area is 91.0 Å². The summed E-state index contributed by atoms with van der Waals surface area (Å²) < 4.78 is 13.0. The van der Waals surface area contributed by atoms with Gasteiger partial charge in [-0.05, 0) is 51.1 Å². The Kier molecular flexibility index (Phi) is 4.04. The fourth-order valence-corrected chi connectivity index (χ4v) is 1.36. The van der Waals surface area contributed by atoms with Crippen molar-refractivity contribution in [1.29, 1.82) is 0 Å². The van der Waals surface area contributed by atoms with Crippen LogP contribution in [0.1, 0.15) is 25.0 Å². The third kappa shape index (κ3) is 3.17. The first-order valence-corrected chi connectivity index (χ1v) is 5.16. The van der Waals surface area contributed by atoms with Gasteiger partial charge in [-0.1, -0.05) is 17.7 Å². The van der Waals surface area contributed by atoms with Crippen molar-refractivity contribution in [2.75, 3.05) is 7.05 Å². The molecule has 0 fully saturated rings. The van der Waals surface area contributed by atoms with E-state index >= 15 is 0 Å². The molecule has 82 valence electrons. The van der Waals surface area contributed by atoms with Gasteiger partial charge in [-0.2, -0.15) is 0 Å². The topological polar surface area (TPSA) is 12.0 Å². The van der Waals surface area contributed by atoms with E-state index < -0.39 is 0 Å². The van der Waals surface area contributed by atoms with E-state index in [2.05, 4.69) is 12.2 Å². The number of aryl methyl sites for hydroxylation is 1. The molecular weight excluding hydrogens is 189 g/mol. The number of hydrogen-bond donors (Lipinski definition) is 1. The summed E-state index contributed by atoms with van der Waals surface area (Å²) in [6.07, 6.45) is 2.03. The van der Waals surface area contributed by atoms with Crippen molar-refractivity contribution >= 4 is 6.08 Å². The van der Waals surface area contributed by atoms with Crippen molar-refractivity contribution in [3.8, 4) is 0 Å². The van der Waals surface area contributed by atoms with Gasteiger partial charge in [0.25, 0.3) is 0 Å². The van der Waals surface area contributed by atoms with Crippen molar-refractivity contribution < 1.29 is 4.39 Å². The molecule has 1 atom stereocenters. The van der Waals surface area contributed by atoms with E-state index in [1.165, 1.54) is 11.6 Å². The van der Waals surface area contributed by atoms with Gasteiger partial charge in [0.15, 0.2) is 0 Å². The number of hydrogen-bond acceptors (Lipinski definition) is 1. The summed E-state index contributed by atoms with van der Waals surface area (Å²) in [6, 6.07) is 5.18. The molecule has 0 aliphatic carbocycles. The Morgan fingerprint density at radius 3 is 2.73 bits per heavy atom. The zero-order valence-corrected chi connectivity index (χ0v) is 9.76. The molecule has 1 N–H and O–H groups in total. The molecule has 0 saturated heterocycles. The molecule has 1 aromatic carbocycles. The highest BCUT2D eigenvalue weighted by Crippen LogP contribution is 2.15. The lowest BCUT2D eigenvalue weighted by Gasteiger charge is -2.11. The lowest BCUT2D eigenvalue weighted by molar-refractivity contribution is 0.627. The predicted molar refractivity (Wildman–Crippen MR) is 63.3 cm³/mol. The summed E-state index contributed by atoms with van der Waals surface area (Å²) in [5.74, 6) is -0.184. The van der Waals surface area contributed by atoms with Crippen molar-refractivity contribution in [1.82, 2.24) is 5.32 Å². The molecule has 1 rings (SSSR count). The van der Waals surface area contributed by atoms with Crippen molar-refractivity contribution in [3.05, 3.63) is 40.7 Å². The molecule has 0 bridgehead atoms. The molecule has 0 spiro atoms. The first-order chi connectivity index (χ1) is 7.04. The number of rotatable bonds is 3. The molecule has 15 heavy (non-hydrogen) atoms. The van der Waals surface area contributed by atoms with E-state index in [9.17, 15) is 4.39 Å². The molecule has 0 heterocycles. The van der Waals surface area contributed by atoms with Crippen molar-refractivity contribution in [2.24, 2.45) is 0 Å². The fraction of sp³-hybridized carbons (Fsp3) is 0.385. The Morgan fingerprint density at radius 1 is 1.47 bits per heavy atom. The Balaban J connectivity index is 3.01. The highest BCUT2D eigenvalue weighted by Gasteiger charge is 2.02. The van der Waals surface area contributed by atoms with Gasteiger partial charge in [-0.3, -0.25) is 0 Å². The first-order valence-electron chi connectivity index (χ1n) is 5.16. The summed E-state index contributed by atoms with van der Waals surface area (Å²) in [6.45, 7) is 6.12. The number of nitrogens with one attached hydrogen (secondary N) is 1. The lowest BCUT2D eigenvalue weighted by Crippen LogP contribution is -2.22. The molecule has 1 unspecified atom stereocenters. The van der Waals surface area contributed by atoms with Crippen LogP contribution in [-0.2, 0) is 0 Å². The van der Waals surface area contributed by atoms with Gasteiger partial charge in [0.1, 0.15) is 5.82 Å². The minimum absolute atomic E-state index is 0.184. The highest BCUT2D eigenvalue weighted by atomic mass is 19.1. The van der Waals surface area contributed by atoms with E-state index in [4.69, 9.17) is 0 Å². The van der Waals surface area contributed by atoms with Gasteiger partial charge in [-0.15, -0.1) is 0 Å². The lowest BCUT2D eigenvalue weighted by atomic mass is 10.0. The van der Waals surface area contributed by atoms with E-state index in [1.807, 2.05) is 27.0 Å². The van der Waals surface area contributed by atoms with Crippen LogP contribution in [0, 0.1) is 12.7 Å². The number of benzene rings is 1. The molecular formula is C13H18FN. The van der Waals surface area contributed by atoms with Gasteiger partial charge in [0.2, 0.25) is 0 Å². The Hall–Kier alpha value is -1.15. The second-order valence-electron chi connectivity index (χ2n) is 3.90. The van der Waals surface area contributed by atoms with Crippen LogP contribution in [0.4, 0.5) is 4.39 Å². The second-order valence-corrected chi connectivity index (χ2v) is 3.90. The highest BCUT2D eigenvalue weighted by molar-refractivity contribution is 5.57. The normalized spacial score (nSPS) is 14.1. The van der Waals surface area contributed by atoms with E-state index in [-0.39, 0.29) is 5.82 Å². The van der Waals surface area contributed by atoms with Gasteiger partial charge >= 0.3 is 0 Å². The zero-order valence-electron chi connectivity index (χ0n) is 9.76. The maximum atomic E-state index is 13.0. The molecule has 1 nitrogen and oxygen atoms in total. The standard InChI is InChI=1S/C13H18FN/c1-9-5-6-13(14)8-12(9)7-10(2)11(3)15-4/h5-8,11,15H,1-4H3/b10-7+. The second kappa shape index (κ2) is 5.08. The van der Waals surface area contributed by atoms with Crippen LogP contribution in [0.25, 0.3) is 6.08 Å². The van der Waals surface area contributed by atoms with Crippen LogP contribution >= 0.6 is 0 Å². The maximum Gasteiger partial charge on any atom is 0.123 e. The summed E-state index contributed by atoms with van der Waals surface area (Å²) >= 11 is 0. The van der Waals surface area contributed by atoms with Crippen LogP contribution in [0.3, 0.4) is 0 Å². The molecule has 0 aliphatic heterocycles. The van der Waals surface area contributed by atoms with Crippen LogP contribution in [0.2, 0.25) is 0 Å². The largest absolute Gasteiger partial charge is 0.314 e. The minimum atomic E-state index is -0.184. The molecule has 0 saturated carbocycles. The molecule has 0 aromatic heterocycles. The number of halogens is 1. The summed E-state index contributed by atoms with van der Waals surface area (Å²) in [5.41, 5.74) is 3.25. The molecule has 0 amide bonds. The monoisotopic (exact) mass is 207 g/mol. The smallest absolute Gasteiger partial charge is 0.123 e. The SMILES string of the molecule is CNC(C)/C(C)=C/c1cc(F)ccc1C. The van der Waals surface area contributed by atoms with Crippen molar-refractivity contribution in [3.63, 3.8) is 0 Å². The Bertz CT molecular complexity index is 369. The summed E-state index contributed by atoms with van der Waals surface area (Å²) in [5, 5.41) is 3.16. The Morgan fingerprint density at radius 2 is 2.13 bits per heavy atom. The third-order valence-electron chi connectivity index (χ3n) is 2.74. The van der Waals surface area contributed by atoms with E-state index in [0.717, 1.165) is 11.1 Å². The third-order valence-corrected chi connectivity index (χ3v) is 2.74. The maximum absolute atomic E-state index is 13.0. The number of likely N-dealkylation sites (N-methyl/N-ethyl adjacent to an activating group) is 1. The van der Waals surface area contributed by atoms with Gasteiger partial charge in [0.05, 0.1) is 0 Å². The van der Waals surface area contributed by atoms with Crippen LogP contribution in [-0.4, -0.2) is 13.1 Å². The molecule has 0 aliphatic rings. The molecule has 0 radical (unpaired) electrons. The predicted octanol–water partition coefficient (Wildman–Crippen LogP) is 3.15. The minimum Gasteiger partial charge on any atom is -0.314 e. The average Bonchev–Trinajstić information content (AvgIpc) is 2.22. The van der Waals surface area contributed by atoms with Crippen LogP contribution < -0.4 is 5.32 Å². The van der Waals surface area contributed by atoms with Gasteiger partial charge < -0.3 is 5.32 Å². The van der Waals surface area contributed by atoms with Crippen LogP contribution in [0.5, 0.6) is 0 Å².